The Labute approximate surface area is 150 Å². The predicted octanol–water partition coefficient (Wildman–Crippen LogP) is 4.35. The third-order valence-corrected chi connectivity index (χ3v) is 4.83. The molecule has 0 bridgehead atoms. The van der Waals surface area contributed by atoms with Crippen LogP contribution in [0.25, 0.3) is 5.57 Å². The second kappa shape index (κ2) is 7.74. The van der Waals surface area contributed by atoms with Crippen molar-refractivity contribution < 1.29 is 18.4 Å². The van der Waals surface area contributed by atoms with Gasteiger partial charge in [0.05, 0.1) is 17.8 Å². The molecule has 1 saturated heterocycles. The highest BCUT2D eigenvalue weighted by atomic mass is 19.1. The minimum atomic E-state index is -1.02. The molecular weight excluding hydrogens is 318 g/mol. The zero-order chi connectivity index (χ0) is 18.7. The number of terminal acetylenes is 1. The molecule has 0 aromatic heterocycles. The summed E-state index contributed by atoms with van der Waals surface area (Å²) < 4.78 is 32.3. The van der Waals surface area contributed by atoms with E-state index in [4.69, 9.17) is 20.5 Å². The van der Waals surface area contributed by atoms with Crippen LogP contribution in [0, 0.1) is 19.3 Å². The van der Waals surface area contributed by atoms with Gasteiger partial charge in [0.15, 0.2) is 0 Å². The second-order valence-electron chi connectivity index (χ2n) is 7.29. The van der Waals surface area contributed by atoms with Gasteiger partial charge in [0, 0.05) is 0 Å². The lowest BCUT2D eigenvalue weighted by Gasteiger charge is -2.32. The largest absolute Gasteiger partial charge is 0.525 e. The van der Waals surface area contributed by atoms with Crippen LogP contribution >= 0.6 is 0 Å². The lowest BCUT2D eigenvalue weighted by molar-refractivity contribution is 0.00578. The number of ether oxygens (including phenoxy) is 1. The summed E-state index contributed by atoms with van der Waals surface area (Å²) in [4.78, 5) is 0. The summed E-state index contributed by atoms with van der Waals surface area (Å²) in [7, 11) is -1.02. The molecule has 0 radical (unpaired) electrons. The van der Waals surface area contributed by atoms with Crippen LogP contribution in [0.4, 0.5) is 4.39 Å². The van der Waals surface area contributed by atoms with Crippen molar-refractivity contribution in [2.24, 2.45) is 0 Å². The SMILES string of the molecule is C#CCOCCC(=C(F)B1OC(C)(C)C(C)(C)O1)c1ccc(C)cc1. The second-order valence-corrected chi connectivity index (χ2v) is 7.29. The maximum Gasteiger partial charge on any atom is 0.525 e. The van der Waals surface area contributed by atoms with E-state index in [1.165, 1.54) is 0 Å². The highest BCUT2D eigenvalue weighted by Gasteiger charge is 2.53. The molecule has 2 rings (SSSR count). The molecule has 134 valence electrons. The first-order chi connectivity index (χ1) is 11.7. The molecule has 1 aromatic carbocycles. The summed E-state index contributed by atoms with van der Waals surface area (Å²) in [5.41, 5.74) is 0.841. The van der Waals surface area contributed by atoms with E-state index in [9.17, 15) is 0 Å². The van der Waals surface area contributed by atoms with Crippen molar-refractivity contribution in [3.63, 3.8) is 0 Å². The Morgan fingerprint density at radius 3 is 2.24 bits per heavy atom. The van der Waals surface area contributed by atoms with Gasteiger partial charge in [-0.1, -0.05) is 35.7 Å². The van der Waals surface area contributed by atoms with Crippen molar-refractivity contribution in [1.29, 1.82) is 0 Å². The van der Waals surface area contributed by atoms with E-state index < -0.39 is 24.0 Å². The molecule has 1 fully saturated rings. The fourth-order valence-electron chi connectivity index (χ4n) is 2.55. The average Bonchev–Trinajstić information content (AvgIpc) is 2.76. The fourth-order valence-corrected chi connectivity index (χ4v) is 2.55. The molecule has 0 unspecified atom stereocenters. The van der Waals surface area contributed by atoms with Gasteiger partial charge in [-0.2, -0.15) is 0 Å². The van der Waals surface area contributed by atoms with E-state index >= 15 is 4.39 Å². The Morgan fingerprint density at radius 2 is 1.72 bits per heavy atom. The Hall–Kier alpha value is -1.61. The Bertz CT molecular complexity index is 655. The molecular formula is C20H26BFO3. The molecule has 0 saturated carbocycles. The lowest BCUT2D eigenvalue weighted by Crippen LogP contribution is -2.41. The summed E-state index contributed by atoms with van der Waals surface area (Å²) in [6.45, 7) is 10.2. The van der Waals surface area contributed by atoms with Crippen LogP contribution in [0.3, 0.4) is 0 Å². The van der Waals surface area contributed by atoms with Crippen LogP contribution in [0.2, 0.25) is 0 Å². The smallest absolute Gasteiger partial charge is 0.398 e. The van der Waals surface area contributed by atoms with Gasteiger partial charge in [-0.3, -0.25) is 0 Å². The third-order valence-electron chi connectivity index (χ3n) is 4.83. The molecule has 1 aromatic rings. The molecule has 5 heteroatoms. The summed E-state index contributed by atoms with van der Waals surface area (Å²) in [5.74, 6) is 2.41. The first-order valence-electron chi connectivity index (χ1n) is 8.50. The van der Waals surface area contributed by atoms with E-state index in [2.05, 4.69) is 5.92 Å². The van der Waals surface area contributed by atoms with E-state index in [-0.39, 0.29) is 6.61 Å². The summed E-state index contributed by atoms with van der Waals surface area (Å²) >= 11 is 0. The number of halogens is 1. The number of rotatable bonds is 6. The van der Waals surface area contributed by atoms with Gasteiger partial charge in [0.2, 0.25) is 0 Å². The van der Waals surface area contributed by atoms with Crippen LogP contribution < -0.4 is 0 Å². The normalized spacial score (nSPS) is 19.5. The van der Waals surface area contributed by atoms with E-state index in [1.54, 1.807) is 0 Å². The van der Waals surface area contributed by atoms with Crippen LogP contribution in [0.15, 0.2) is 30.0 Å². The molecule has 1 aliphatic heterocycles. The van der Waals surface area contributed by atoms with Crippen LogP contribution in [-0.4, -0.2) is 31.5 Å². The van der Waals surface area contributed by atoms with Crippen molar-refractivity contribution in [2.75, 3.05) is 13.2 Å². The highest BCUT2D eigenvalue weighted by molar-refractivity contribution is 6.55. The van der Waals surface area contributed by atoms with Gasteiger partial charge in [0.1, 0.15) is 12.3 Å². The Morgan fingerprint density at radius 1 is 1.16 bits per heavy atom. The van der Waals surface area contributed by atoms with E-state index in [0.29, 0.717) is 18.6 Å². The van der Waals surface area contributed by atoms with Gasteiger partial charge in [-0.15, -0.1) is 6.42 Å². The Kier molecular flexibility index (Phi) is 6.10. The molecule has 1 aliphatic rings. The van der Waals surface area contributed by atoms with Crippen LogP contribution in [-0.2, 0) is 14.0 Å². The zero-order valence-corrected chi connectivity index (χ0v) is 15.7. The zero-order valence-electron chi connectivity index (χ0n) is 15.7. The van der Waals surface area contributed by atoms with Gasteiger partial charge < -0.3 is 14.0 Å². The lowest BCUT2D eigenvalue weighted by atomic mass is 9.81. The van der Waals surface area contributed by atoms with Gasteiger partial charge in [0.25, 0.3) is 0 Å². The van der Waals surface area contributed by atoms with E-state index in [0.717, 1.165) is 11.1 Å². The standard InChI is InChI=1S/C20H26BFO3/c1-7-13-23-14-12-17(16-10-8-15(2)9-11-16)18(22)21-24-19(3,4)20(5,6)25-21/h1,8-11H,12-14H2,2-6H3. The molecule has 0 amide bonds. The number of aryl methyl sites for hydroxylation is 1. The van der Waals surface area contributed by atoms with Crippen molar-refractivity contribution in [3.8, 4) is 12.3 Å². The molecule has 25 heavy (non-hydrogen) atoms. The van der Waals surface area contributed by atoms with Gasteiger partial charge in [-0.05, 0) is 52.2 Å². The molecule has 0 aliphatic carbocycles. The van der Waals surface area contributed by atoms with Crippen molar-refractivity contribution in [3.05, 3.63) is 41.1 Å². The minimum absolute atomic E-state index is 0.208. The number of hydrogen-bond donors (Lipinski definition) is 0. The first kappa shape index (κ1) is 19.7. The van der Waals surface area contributed by atoms with Crippen molar-refractivity contribution in [1.82, 2.24) is 0 Å². The molecule has 3 nitrogen and oxygen atoms in total. The van der Waals surface area contributed by atoms with Gasteiger partial charge >= 0.3 is 7.12 Å². The molecule has 1 heterocycles. The maximum absolute atomic E-state index is 15.3. The van der Waals surface area contributed by atoms with Crippen molar-refractivity contribution in [2.45, 2.75) is 52.2 Å². The Balaban J connectivity index is 2.31. The first-order valence-corrected chi connectivity index (χ1v) is 8.50. The maximum atomic E-state index is 15.3. The fraction of sp³-hybridized carbons (Fsp3) is 0.500. The molecule has 0 atom stereocenters. The average molecular weight is 344 g/mol. The molecule has 0 spiro atoms. The molecule has 0 N–H and O–H groups in total. The predicted molar refractivity (Wildman–Crippen MR) is 99.6 cm³/mol. The topological polar surface area (TPSA) is 27.7 Å². The van der Waals surface area contributed by atoms with Crippen LogP contribution in [0.1, 0.15) is 45.2 Å². The summed E-state index contributed by atoms with van der Waals surface area (Å²) in [6, 6.07) is 7.71. The third kappa shape index (κ3) is 4.52. The number of benzene rings is 1. The monoisotopic (exact) mass is 344 g/mol. The highest BCUT2D eigenvalue weighted by Crippen LogP contribution is 2.40. The summed E-state index contributed by atoms with van der Waals surface area (Å²) in [6.07, 6.45) is 5.58. The van der Waals surface area contributed by atoms with Gasteiger partial charge in [-0.25, -0.2) is 4.39 Å². The minimum Gasteiger partial charge on any atom is -0.398 e. The summed E-state index contributed by atoms with van der Waals surface area (Å²) in [5, 5.41) is 0. The van der Waals surface area contributed by atoms with E-state index in [1.807, 2.05) is 58.9 Å². The van der Waals surface area contributed by atoms with Crippen LogP contribution in [0.5, 0.6) is 0 Å². The quantitative estimate of drug-likeness (QED) is 0.436. The van der Waals surface area contributed by atoms with Crippen molar-refractivity contribution >= 4 is 12.7 Å². The number of hydrogen-bond acceptors (Lipinski definition) is 3.